The molecule has 22 heavy (non-hydrogen) atoms. The van der Waals surface area contributed by atoms with E-state index in [2.05, 4.69) is 15.5 Å². The molecule has 3 nitrogen and oxygen atoms in total. The Balaban J connectivity index is 1.81. The predicted molar refractivity (Wildman–Crippen MR) is 87.0 cm³/mol. The number of thioether (sulfide) groups is 1. The van der Waals surface area contributed by atoms with Gasteiger partial charge in [0.1, 0.15) is 11.6 Å². The lowest BCUT2D eigenvalue weighted by Gasteiger charge is -2.15. The van der Waals surface area contributed by atoms with E-state index < -0.39 is 11.6 Å². The minimum absolute atomic E-state index is 0.154. The summed E-state index contributed by atoms with van der Waals surface area (Å²) in [5.41, 5.74) is 4.04. The maximum absolute atomic E-state index is 13.7. The first-order valence-electron chi connectivity index (χ1n) is 6.37. The number of rotatable bonds is 2. The van der Waals surface area contributed by atoms with Crippen molar-refractivity contribution in [1.82, 2.24) is 5.43 Å². The Morgan fingerprint density at radius 3 is 2.77 bits per heavy atom. The normalized spacial score (nSPS) is 16.3. The zero-order valence-corrected chi connectivity index (χ0v) is 12.8. The molecule has 0 spiro atoms. The summed E-state index contributed by atoms with van der Waals surface area (Å²) in [6.07, 6.45) is 0. The van der Waals surface area contributed by atoms with Crippen LogP contribution in [0.15, 0.2) is 52.6 Å². The molecule has 1 aliphatic rings. The lowest BCUT2D eigenvalue weighted by atomic mass is 10.1. The molecule has 0 bridgehead atoms. The number of hydrazone groups is 1. The zero-order valence-electron chi connectivity index (χ0n) is 11.2. The number of amidine groups is 1. The largest absolute Gasteiger partial charge is 0.255 e. The van der Waals surface area contributed by atoms with Gasteiger partial charge in [0.2, 0.25) is 0 Å². The second-order valence-corrected chi connectivity index (χ2v) is 5.88. The molecule has 0 atom stereocenters. The standard InChI is InChI=1S/C15H10ClF2N3S/c16-9-2-1-3-11(6-9)19-15-21-20-14(8-22-15)12-7-10(17)4-5-13(12)18/h1-7H,8H2,(H,19,21). The molecule has 1 aliphatic heterocycles. The van der Waals surface area contributed by atoms with E-state index in [1.165, 1.54) is 11.8 Å². The van der Waals surface area contributed by atoms with Crippen molar-refractivity contribution in [2.24, 2.45) is 10.1 Å². The highest BCUT2D eigenvalue weighted by Gasteiger charge is 2.17. The van der Waals surface area contributed by atoms with Gasteiger partial charge in [-0.15, -0.1) is 0 Å². The average Bonchev–Trinajstić information content (AvgIpc) is 2.51. The topological polar surface area (TPSA) is 36.8 Å². The third-order valence-corrected chi connectivity index (χ3v) is 4.02. The van der Waals surface area contributed by atoms with E-state index in [4.69, 9.17) is 11.6 Å². The summed E-state index contributed by atoms with van der Waals surface area (Å²) in [7, 11) is 0. The Labute approximate surface area is 135 Å². The van der Waals surface area contributed by atoms with E-state index >= 15 is 0 Å². The van der Waals surface area contributed by atoms with E-state index in [9.17, 15) is 8.78 Å². The van der Waals surface area contributed by atoms with Crippen LogP contribution in [0.2, 0.25) is 5.02 Å². The zero-order chi connectivity index (χ0) is 15.5. The van der Waals surface area contributed by atoms with E-state index in [-0.39, 0.29) is 5.56 Å². The molecule has 1 heterocycles. The molecule has 7 heteroatoms. The summed E-state index contributed by atoms with van der Waals surface area (Å²) < 4.78 is 26.9. The quantitative estimate of drug-likeness (QED) is 0.884. The summed E-state index contributed by atoms with van der Waals surface area (Å²) in [6, 6.07) is 10.4. The SMILES string of the molecule is Fc1ccc(F)c(C2=NNC(=Nc3cccc(Cl)c3)SC2)c1. The van der Waals surface area contributed by atoms with Gasteiger partial charge in [-0.1, -0.05) is 29.4 Å². The number of nitrogens with one attached hydrogen (secondary N) is 1. The summed E-state index contributed by atoms with van der Waals surface area (Å²) in [5, 5.41) is 5.24. The summed E-state index contributed by atoms with van der Waals surface area (Å²) in [4.78, 5) is 4.36. The molecule has 0 radical (unpaired) electrons. The number of hydrogen-bond donors (Lipinski definition) is 1. The van der Waals surface area contributed by atoms with Crippen LogP contribution in [0.1, 0.15) is 5.56 Å². The summed E-state index contributed by atoms with van der Waals surface area (Å²) in [5.74, 6) is -0.604. The lowest BCUT2D eigenvalue weighted by Crippen LogP contribution is -2.25. The van der Waals surface area contributed by atoms with E-state index in [0.717, 1.165) is 18.2 Å². The van der Waals surface area contributed by atoms with Gasteiger partial charge in [0, 0.05) is 16.3 Å². The van der Waals surface area contributed by atoms with Crippen molar-refractivity contribution in [2.75, 3.05) is 5.75 Å². The number of halogens is 3. The minimum Gasteiger partial charge on any atom is -0.255 e. The van der Waals surface area contributed by atoms with Crippen LogP contribution in [0.25, 0.3) is 0 Å². The molecular formula is C15H10ClF2N3S. The van der Waals surface area contributed by atoms with Crippen molar-refractivity contribution >= 4 is 39.9 Å². The molecular weight excluding hydrogens is 328 g/mol. The second kappa shape index (κ2) is 6.46. The molecule has 0 amide bonds. The first kappa shape index (κ1) is 15.0. The monoisotopic (exact) mass is 337 g/mol. The van der Waals surface area contributed by atoms with Crippen LogP contribution in [0.3, 0.4) is 0 Å². The third kappa shape index (κ3) is 3.45. The van der Waals surface area contributed by atoms with Crippen LogP contribution >= 0.6 is 23.4 Å². The Hall–Kier alpha value is -1.92. The fourth-order valence-electron chi connectivity index (χ4n) is 1.89. The van der Waals surface area contributed by atoms with Crippen molar-refractivity contribution in [2.45, 2.75) is 0 Å². The van der Waals surface area contributed by atoms with Gasteiger partial charge < -0.3 is 0 Å². The van der Waals surface area contributed by atoms with E-state index in [1.807, 2.05) is 6.07 Å². The van der Waals surface area contributed by atoms with Gasteiger partial charge in [-0.25, -0.2) is 13.8 Å². The Morgan fingerprint density at radius 1 is 1.18 bits per heavy atom. The van der Waals surface area contributed by atoms with E-state index in [0.29, 0.717) is 27.3 Å². The molecule has 3 rings (SSSR count). The maximum Gasteiger partial charge on any atom is 0.182 e. The van der Waals surface area contributed by atoms with Crippen molar-refractivity contribution in [3.63, 3.8) is 0 Å². The first-order chi connectivity index (χ1) is 10.6. The van der Waals surface area contributed by atoms with Gasteiger partial charge in [-0.3, -0.25) is 5.43 Å². The molecule has 1 N–H and O–H groups in total. The van der Waals surface area contributed by atoms with Crippen molar-refractivity contribution in [1.29, 1.82) is 0 Å². The van der Waals surface area contributed by atoms with Gasteiger partial charge in [0.05, 0.1) is 11.4 Å². The van der Waals surface area contributed by atoms with Crippen LogP contribution < -0.4 is 5.43 Å². The van der Waals surface area contributed by atoms with Gasteiger partial charge in [-0.05, 0) is 36.4 Å². The number of nitrogens with zero attached hydrogens (tertiary/aromatic N) is 2. The van der Waals surface area contributed by atoms with Gasteiger partial charge in [-0.2, -0.15) is 5.10 Å². The number of benzene rings is 2. The predicted octanol–water partition coefficient (Wildman–Crippen LogP) is 4.35. The van der Waals surface area contributed by atoms with Crippen molar-refractivity contribution in [3.8, 4) is 0 Å². The molecule has 2 aromatic carbocycles. The van der Waals surface area contributed by atoms with Gasteiger partial charge in [0.15, 0.2) is 5.17 Å². The van der Waals surface area contributed by atoms with E-state index in [1.54, 1.807) is 18.2 Å². The molecule has 2 aromatic rings. The maximum atomic E-state index is 13.7. The fraction of sp³-hybridized carbons (Fsp3) is 0.0667. The van der Waals surface area contributed by atoms with Crippen molar-refractivity contribution in [3.05, 3.63) is 64.7 Å². The molecule has 0 saturated heterocycles. The molecule has 0 saturated carbocycles. The van der Waals surface area contributed by atoms with Crippen molar-refractivity contribution < 1.29 is 8.78 Å². The first-order valence-corrected chi connectivity index (χ1v) is 7.73. The molecule has 112 valence electrons. The molecule has 0 aliphatic carbocycles. The lowest BCUT2D eigenvalue weighted by molar-refractivity contribution is 0.598. The number of aliphatic imine (C=N–C) groups is 1. The highest BCUT2D eigenvalue weighted by atomic mass is 35.5. The summed E-state index contributed by atoms with van der Waals surface area (Å²) >= 11 is 7.25. The highest BCUT2D eigenvalue weighted by molar-refractivity contribution is 8.14. The van der Waals surface area contributed by atoms with Crippen LogP contribution in [0.5, 0.6) is 0 Å². The van der Waals surface area contributed by atoms with Crippen LogP contribution in [-0.2, 0) is 0 Å². The Bertz CT molecular complexity index is 777. The highest BCUT2D eigenvalue weighted by Crippen LogP contribution is 2.22. The van der Waals surface area contributed by atoms with Gasteiger partial charge >= 0.3 is 0 Å². The Morgan fingerprint density at radius 2 is 2.05 bits per heavy atom. The van der Waals surface area contributed by atoms with Crippen LogP contribution in [0, 0.1) is 11.6 Å². The van der Waals surface area contributed by atoms with Crippen LogP contribution in [0.4, 0.5) is 14.5 Å². The Kier molecular flexibility index (Phi) is 4.40. The minimum atomic E-state index is -0.502. The number of hydrogen-bond acceptors (Lipinski definition) is 3. The molecule has 0 fully saturated rings. The smallest absolute Gasteiger partial charge is 0.182 e. The summed E-state index contributed by atoms with van der Waals surface area (Å²) in [6.45, 7) is 0. The van der Waals surface area contributed by atoms with Crippen LogP contribution in [-0.4, -0.2) is 16.6 Å². The second-order valence-electron chi connectivity index (χ2n) is 4.48. The fourth-order valence-corrected chi connectivity index (χ4v) is 2.85. The van der Waals surface area contributed by atoms with Gasteiger partial charge in [0.25, 0.3) is 0 Å². The third-order valence-electron chi connectivity index (χ3n) is 2.91. The molecule has 0 unspecified atom stereocenters. The molecule has 0 aromatic heterocycles. The average molecular weight is 338 g/mol.